The van der Waals surface area contributed by atoms with E-state index in [2.05, 4.69) is 5.32 Å². The zero-order chi connectivity index (χ0) is 13.3. The molecule has 0 unspecified atom stereocenters. The predicted octanol–water partition coefficient (Wildman–Crippen LogP) is 2.33. The number of aryl methyl sites for hydroxylation is 1. The second-order valence-electron chi connectivity index (χ2n) is 4.72. The van der Waals surface area contributed by atoms with Crippen molar-refractivity contribution in [3.05, 3.63) is 22.7 Å². The molecule has 98 valence electrons. The lowest BCUT2D eigenvalue weighted by molar-refractivity contribution is -0.122. The molecule has 0 aromatic heterocycles. The van der Waals surface area contributed by atoms with E-state index >= 15 is 0 Å². The summed E-state index contributed by atoms with van der Waals surface area (Å²) in [4.78, 5) is 11.9. The largest absolute Gasteiger partial charge is 0.495 e. The van der Waals surface area contributed by atoms with Crippen LogP contribution in [0.1, 0.15) is 18.4 Å². The first-order chi connectivity index (χ1) is 8.51. The minimum Gasteiger partial charge on any atom is -0.495 e. The number of nitrogens with two attached hydrogens (primary N) is 1. The van der Waals surface area contributed by atoms with Crippen molar-refractivity contribution in [2.75, 3.05) is 12.4 Å². The Bertz CT molecular complexity index is 470. The van der Waals surface area contributed by atoms with Crippen LogP contribution < -0.4 is 15.8 Å². The second kappa shape index (κ2) is 5.16. The Balaban J connectivity index is 2.09. The molecule has 2 rings (SSSR count). The molecule has 0 radical (unpaired) electrons. The van der Waals surface area contributed by atoms with Crippen LogP contribution in [0.15, 0.2) is 12.1 Å². The van der Waals surface area contributed by atoms with E-state index in [4.69, 9.17) is 22.1 Å². The van der Waals surface area contributed by atoms with Crippen molar-refractivity contribution in [2.24, 2.45) is 11.7 Å². The van der Waals surface area contributed by atoms with Crippen LogP contribution in [0.4, 0.5) is 5.69 Å². The van der Waals surface area contributed by atoms with E-state index in [-0.39, 0.29) is 17.9 Å². The monoisotopic (exact) mass is 268 g/mol. The molecular formula is C13H17ClN2O2. The number of rotatable bonds is 3. The molecule has 1 aromatic rings. The third kappa shape index (κ3) is 2.60. The van der Waals surface area contributed by atoms with Crippen molar-refractivity contribution in [3.8, 4) is 5.75 Å². The van der Waals surface area contributed by atoms with Gasteiger partial charge >= 0.3 is 0 Å². The first-order valence-electron chi connectivity index (χ1n) is 5.92. The second-order valence-corrected chi connectivity index (χ2v) is 5.13. The van der Waals surface area contributed by atoms with Gasteiger partial charge in [0.1, 0.15) is 5.75 Å². The molecule has 1 aliphatic carbocycles. The van der Waals surface area contributed by atoms with Gasteiger partial charge in [0.2, 0.25) is 5.91 Å². The number of ether oxygens (including phenoxy) is 1. The van der Waals surface area contributed by atoms with Crippen LogP contribution in [0.5, 0.6) is 5.75 Å². The molecule has 1 aliphatic rings. The van der Waals surface area contributed by atoms with Crippen molar-refractivity contribution in [1.82, 2.24) is 0 Å². The average molecular weight is 269 g/mol. The highest BCUT2D eigenvalue weighted by atomic mass is 35.5. The molecule has 0 bridgehead atoms. The highest BCUT2D eigenvalue weighted by Gasteiger charge is 2.32. The van der Waals surface area contributed by atoms with E-state index in [1.807, 2.05) is 13.0 Å². The molecule has 5 heteroatoms. The lowest BCUT2D eigenvalue weighted by Gasteiger charge is -2.31. The van der Waals surface area contributed by atoms with Crippen molar-refractivity contribution < 1.29 is 9.53 Å². The molecule has 18 heavy (non-hydrogen) atoms. The number of methoxy groups -OCH3 is 1. The smallest absolute Gasteiger partial charge is 0.227 e. The number of carbonyl (C=O) groups excluding carboxylic acids is 1. The van der Waals surface area contributed by atoms with Crippen LogP contribution in [-0.2, 0) is 4.79 Å². The Morgan fingerprint density at radius 1 is 1.50 bits per heavy atom. The van der Waals surface area contributed by atoms with E-state index in [1.165, 1.54) is 0 Å². The lowest BCUT2D eigenvalue weighted by atomic mass is 9.80. The number of carbonyl (C=O) groups is 1. The molecule has 0 atom stereocenters. The maximum Gasteiger partial charge on any atom is 0.227 e. The number of hydrogen-bond acceptors (Lipinski definition) is 3. The third-order valence-corrected chi connectivity index (χ3v) is 3.60. The maximum atomic E-state index is 11.9. The Morgan fingerprint density at radius 3 is 2.72 bits per heavy atom. The molecule has 3 N–H and O–H groups in total. The van der Waals surface area contributed by atoms with E-state index < -0.39 is 0 Å². The number of nitrogens with one attached hydrogen (secondary N) is 1. The molecule has 1 aromatic carbocycles. The fraction of sp³-hybridized carbons (Fsp3) is 0.462. The van der Waals surface area contributed by atoms with E-state index in [0.29, 0.717) is 10.8 Å². The molecule has 0 saturated heterocycles. The Labute approximate surface area is 111 Å². The minimum absolute atomic E-state index is 0.0148. The normalized spacial score (nSPS) is 22.2. The molecule has 4 nitrogen and oxygen atoms in total. The van der Waals surface area contributed by atoms with Gasteiger partial charge in [-0.3, -0.25) is 4.79 Å². The summed E-state index contributed by atoms with van der Waals surface area (Å²) in [5, 5.41) is 3.38. The first kappa shape index (κ1) is 13.2. The Morgan fingerprint density at radius 2 is 2.17 bits per heavy atom. The van der Waals surface area contributed by atoms with Crippen molar-refractivity contribution >= 4 is 23.2 Å². The Hall–Kier alpha value is -1.26. The maximum absolute atomic E-state index is 11.9. The summed E-state index contributed by atoms with van der Waals surface area (Å²) < 4.78 is 5.12. The highest BCUT2D eigenvalue weighted by molar-refractivity contribution is 6.32. The minimum atomic E-state index is 0.0148. The van der Waals surface area contributed by atoms with Gasteiger partial charge in [0, 0.05) is 17.6 Å². The summed E-state index contributed by atoms with van der Waals surface area (Å²) in [5.74, 6) is 0.652. The standard InChI is InChI=1S/C13H17ClN2O2/c1-7-3-12(18-2)10(14)6-11(7)16-13(17)8-4-9(15)5-8/h3,6,8-9H,4-5,15H2,1-2H3,(H,16,17). The van der Waals surface area contributed by atoms with Crippen molar-refractivity contribution in [3.63, 3.8) is 0 Å². The van der Waals surface area contributed by atoms with Gasteiger partial charge in [-0.2, -0.15) is 0 Å². The van der Waals surface area contributed by atoms with Gasteiger partial charge in [-0.1, -0.05) is 11.6 Å². The fourth-order valence-electron chi connectivity index (χ4n) is 2.06. The number of hydrogen-bond donors (Lipinski definition) is 2. The van der Waals surface area contributed by atoms with Crippen LogP contribution >= 0.6 is 11.6 Å². The summed E-state index contributed by atoms with van der Waals surface area (Å²) in [6.45, 7) is 1.90. The lowest BCUT2D eigenvalue weighted by Crippen LogP contribution is -2.42. The molecular weight excluding hydrogens is 252 g/mol. The molecule has 1 amide bonds. The van der Waals surface area contributed by atoms with Gasteiger partial charge in [0.25, 0.3) is 0 Å². The predicted molar refractivity (Wildman–Crippen MR) is 72.1 cm³/mol. The summed E-state index contributed by atoms with van der Waals surface area (Å²) >= 11 is 6.04. The SMILES string of the molecule is COc1cc(C)c(NC(=O)C2CC(N)C2)cc1Cl. The summed E-state index contributed by atoms with van der Waals surface area (Å²) in [6, 6.07) is 3.69. The number of amides is 1. The van der Waals surface area contributed by atoms with Crippen LogP contribution in [-0.4, -0.2) is 19.1 Å². The van der Waals surface area contributed by atoms with E-state index in [1.54, 1.807) is 13.2 Å². The topological polar surface area (TPSA) is 64.3 Å². The highest BCUT2D eigenvalue weighted by Crippen LogP contribution is 2.32. The summed E-state index contributed by atoms with van der Waals surface area (Å²) in [5.41, 5.74) is 7.33. The molecule has 0 spiro atoms. The number of halogens is 1. The van der Waals surface area contributed by atoms with Gasteiger partial charge in [-0.15, -0.1) is 0 Å². The van der Waals surface area contributed by atoms with Crippen molar-refractivity contribution in [1.29, 1.82) is 0 Å². The first-order valence-corrected chi connectivity index (χ1v) is 6.29. The molecule has 0 aliphatic heterocycles. The fourth-order valence-corrected chi connectivity index (χ4v) is 2.30. The van der Waals surface area contributed by atoms with Crippen LogP contribution in [0.2, 0.25) is 5.02 Å². The van der Waals surface area contributed by atoms with Gasteiger partial charge in [-0.05, 0) is 37.5 Å². The molecule has 0 heterocycles. The average Bonchev–Trinajstić information content (AvgIpc) is 2.29. The van der Waals surface area contributed by atoms with Crippen LogP contribution in [0, 0.1) is 12.8 Å². The zero-order valence-corrected chi connectivity index (χ0v) is 11.3. The van der Waals surface area contributed by atoms with E-state index in [9.17, 15) is 4.79 Å². The third-order valence-electron chi connectivity index (χ3n) is 3.30. The van der Waals surface area contributed by atoms with Gasteiger partial charge in [0.15, 0.2) is 0 Å². The zero-order valence-electron chi connectivity index (χ0n) is 10.5. The van der Waals surface area contributed by atoms with Gasteiger partial charge < -0.3 is 15.8 Å². The van der Waals surface area contributed by atoms with E-state index in [0.717, 1.165) is 24.1 Å². The number of anilines is 1. The van der Waals surface area contributed by atoms with Gasteiger partial charge in [-0.25, -0.2) is 0 Å². The quantitative estimate of drug-likeness (QED) is 0.884. The van der Waals surface area contributed by atoms with Crippen molar-refractivity contribution in [2.45, 2.75) is 25.8 Å². The van der Waals surface area contributed by atoms with Crippen LogP contribution in [0.25, 0.3) is 0 Å². The summed E-state index contributed by atoms with van der Waals surface area (Å²) in [6.07, 6.45) is 1.52. The summed E-state index contributed by atoms with van der Waals surface area (Å²) in [7, 11) is 1.56. The molecule has 1 fully saturated rings. The number of benzene rings is 1. The van der Waals surface area contributed by atoms with Crippen LogP contribution in [0.3, 0.4) is 0 Å². The molecule has 1 saturated carbocycles. The Kier molecular flexibility index (Phi) is 3.78. The van der Waals surface area contributed by atoms with Gasteiger partial charge in [0.05, 0.1) is 12.1 Å².